The Morgan fingerprint density at radius 3 is 2.14 bits per heavy atom. The minimum Gasteiger partial charge on any atom is -0.336 e. The molecule has 116 valence electrons. The molecule has 0 radical (unpaired) electrons. The van der Waals surface area contributed by atoms with Crippen LogP contribution in [0.2, 0.25) is 0 Å². The number of carbonyl (C=O) groups excluding carboxylic acids is 1. The van der Waals surface area contributed by atoms with Crippen LogP contribution in [0, 0.1) is 0 Å². The van der Waals surface area contributed by atoms with Crippen molar-refractivity contribution in [1.29, 1.82) is 0 Å². The smallest absolute Gasteiger partial charge is 0.253 e. The number of piperazine rings is 1. The Morgan fingerprint density at radius 1 is 1.10 bits per heavy atom. The normalized spacial score (nSPS) is 17.0. The lowest BCUT2D eigenvalue weighted by atomic mass is 10.1. The van der Waals surface area contributed by atoms with E-state index in [1.165, 1.54) is 6.26 Å². The lowest BCUT2D eigenvalue weighted by molar-refractivity contribution is 0.0643. The zero-order valence-electron chi connectivity index (χ0n) is 12.6. The Kier molecular flexibility index (Phi) is 5.00. The van der Waals surface area contributed by atoms with Crippen LogP contribution >= 0.6 is 0 Å². The van der Waals surface area contributed by atoms with Crippen LogP contribution in [0.4, 0.5) is 0 Å². The van der Waals surface area contributed by atoms with Gasteiger partial charge in [0.2, 0.25) is 0 Å². The van der Waals surface area contributed by atoms with Crippen molar-refractivity contribution in [3.63, 3.8) is 0 Å². The second kappa shape index (κ2) is 6.58. The number of hydrogen-bond donors (Lipinski definition) is 0. The molecule has 0 atom stereocenters. The molecule has 1 aliphatic rings. The molecule has 0 saturated carbocycles. The number of nitrogens with zero attached hydrogens (tertiary/aromatic N) is 2. The summed E-state index contributed by atoms with van der Waals surface area (Å²) < 4.78 is 22.5. The van der Waals surface area contributed by atoms with Crippen molar-refractivity contribution in [2.45, 2.75) is 12.7 Å². The molecule has 1 aromatic carbocycles. The van der Waals surface area contributed by atoms with Crippen LogP contribution < -0.4 is 0 Å². The quantitative estimate of drug-likeness (QED) is 0.833. The van der Waals surface area contributed by atoms with Crippen molar-refractivity contribution in [2.24, 2.45) is 0 Å². The predicted octanol–water partition coefficient (Wildman–Crippen LogP) is 1.01. The van der Waals surface area contributed by atoms with E-state index in [-0.39, 0.29) is 11.7 Å². The first kappa shape index (κ1) is 16.0. The van der Waals surface area contributed by atoms with Gasteiger partial charge in [0.1, 0.15) is 0 Å². The van der Waals surface area contributed by atoms with Gasteiger partial charge in [0.05, 0.1) is 5.75 Å². The molecule has 1 saturated heterocycles. The molecule has 0 aromatic heterocycles. The van der Waals surface area contributed by atoms with Crippen molar-refractivity contribution in [1.82, 2.24) is 9.80 Å². The standard InChI is InChI=1S/C15H22N2O3S/c1-3-16-8-10-17(11-9-16)15(18)14-6-4-13(5-7-14)12-21(2,19)20/h4-7H,3,8-12H2,1-2H3. The number of amides is 1. The summed E-state index contributed by atoms with van der Waals surface area (Å²) in [4.78, 5) is 16.6. The first-order valence-corrected chi connectivity index (χ1v) is 9.23. The average molecular weight is 310 g/mol. The van der Waals surface area contributed by atoms with E-state index in [1.807, 2.05) is 4.90 Å². The van der Waals surface area contributed by atoms with Crippen LogP contribution in [0.1, 0.15) is 22.8 Å². The van der Waals surface area contributed by atoms with E-state index in [9.17, 15) is 13.2 Å². The van der Waals surface area contributed by atoms with Crippen LogP contribution in [-0.2, 0) is 15.6 Å². The van der Waals surface area contributed by atoms with Gasteiger partial charge in [-0.2, -0.15) is 0 Å². The molecule has 0 spiro atoms. The maximum Gasteiger partial charge on any atom is 0.253 e. The molecule has 1 heterocycles. The molecule has 0 bridgehead atoms. The third kappa shape index (κ3) is 4.54. The maximum absolute atomic E-state index is 12.4. The van der Waals surface area contributed by atoms with Crippen molar-refractivity contribution in [2.75, 3.05) is 39.0 Å². The fraction of sp³-hybridized carbons (Fsp3) is 0.533. The van der Waals surface area contributed by atoms with E-state index in [4.69, 9.17) is 0 Å². The average Bonchev–Trinajstić information content (AvgIpc) is 2.46. The minimum absolute atomic E-state index is 0.0106. The summed E-state index contributed by atoms with van der Waals surface area (Å²) in [6.07, 6.45) is 1.21. The SMILES string of the molecule is CCN1CCN(C(=O)c2ccc(CS(C)(=O)=O)cc2)CC1. The van der Waals surface area contributed by atoms with Gasteiger partial charge in [0.25, 0.3) is 5.91 Å². The molecule has 5 nitrogen and oxygen atoms in total. The number of benzene rings is 1. The Hall–Kier alpha value is -1.40. The summed E-state index contributed by atoms with van der Waals surface area (Å²) in [6.45, 7) is 6.46. The number of carbonyl (C=O) groups is 1. The van der Waals surface area contributed by atoms with Gasteiger partial charge in [0, 0.05) is 38.0 Å². The van der Waals surface area contributed by atoms with Gasteiger partial charge in [-0.05, 0) is 24.2 Å². The van der Waals surface area contributed by atoms with Crippen molar-refractivity contribution in [3.8, 4) is 0 Å². The van der Waals surface area contributed by atoms with E-state index in [0.717, 1.165) is 32.7 Å². The van der Waals surface area contributed by atoms with E-state index >= 15 is 0 Å². The van der Waals surface area contributed by atoms with Gasteiger partial charge in [-0.3, -0.25) is 4.79 Å². The molecular weight excluding hydrogens is 288 g/mol. The van der Waals surface area contributed by atoms with Crippen LogP contribution in [0.25, 0.3) is 0 Å². The molecule has 6 heteroatoms. The van der Waals surface area contributed by atoms with Gasteiger partial charge in [-0.1, -0.05) is 19.1 Å². The number of hydrogen-bond acceptors (Lipinski definition) is 4. The van der Waals surface area contributed by atoms with Gasteiger partial charge in [-0.25, -0.2) is 8.42 Å². The molecule has 0 N–H and O–H groups in total. The number of likely N-dealkylation sites (N-methyl/N-ethyl adjacent to an activating group) is 1. The summed E-state index contributed by atoms with van der Waals surface area (Å²) in [6, 6.07) is 6.87. The Morgan fingerprint density at radius 2 is 1.67 bits per heavy atom. The fourth-order valence-corrected chi connectivity index (χ4v) is 3.29. The highest BCUT2D eigenvalue weighted by Crippen LogP contribution is 2.12. The fourth-order valence-electron chi connectivity index (χ4n) is 2.50. The van der Waals surface area contributed by atoms with Gasteiger partial charge < -0.3 is 9.80 Å². The van der Waals surface area contributed by atoms with Gasteiger partial charge in [0.15, 0.2) is 9.84 Å². The third-order valence-electron chi connectivity index (χ3n) is 3.74. The number of sulfone groups is 1. The summed E-state index contributed by atoms with van der Waals surface area (Å²) in [7, 11) is -3.04. The highest BCUT2D eigenvalue weighted by molar-refractivity contribution is 7.89. The van der Waals surface area contributed by atoms with E-state index in [0.29, 0.717) is 11.1 Å². The zero-order valence-corrected chi connectivity index (χ0v) is 13.4. The third-order valence-corrected chi connectivity index (χ3v) is 4.59. The lowest BCUT2D eigenvalue weighted by Crippen LogP contribution is -2.48. The summed E-state index contributed by atoms with van der Waals surface area (Å²) >= 11 is 0. The van der Waals surface area contributed by atoms with E-state index in [2.05, 4.69) is 11.8 Å². The monoisotopic (exact) mass is 310 g/mol. The van der Waals surface area contributed by atoms with Crippen molar-refractivity contribution >= 4 is 15.7 Å². The first-order valence-electron chi connectivity index (χ1n) is 7.17. The molecule has 1 amide bonds. The van der Waals surface area contributed by atoms with Crippen molar-refractivity contribution < 1.29 is 13.2 Å². The zero-order chi connectivity index (χ0) is 15.5. The summed E-state index contributed by atoms with van der Waals surface area (Å²) in [5.41, 5.74) is 1.34. The topological polar surface area (TPSA) is 57.7 Å². The molecule has 1 fully saturated rings. The van der Waals surface area contributed by atoms with Crippen LogP contribution in [0.3, 0.4) is 0 Å². The Bertz CT molecular complexity index is 588. The summed E-state index contributed by atoms with van der Waals surface area (Å²) in [5.74, 6) is 0.0352. The second-order valence-electron chi connectivity index (χ2n) is 5.49. The largest absolute Gasteiger partial charge is 0.336 e. The maximum atomic E-state index is 12.4. The van der Waals surface area contributed by atoms with E-state index in [1.54, 1.807) is 24.3 Å². The Labute approximate surface area is 126 Å². The van der Waals surface area contributed by atoms with Crippen molar-refractivity contribution in [3.05, 3.63) is 35.4 Å². The van der Waals surface area contributed by atoms with Crippen LogP contribution in [0.5, 0.6) is 0 Å². The van der Waals surface area contributed by atoms with Crippen LogP contribution in [-0.4, -0.2) is 63.1 Å². The molecular formula is C15H22N2O3S. The molecule has 0 unspecified atom stereocenters. The molecule has 2 rings (SSSR count). The van der Waals surface area contributed by atoms with E-state index < -0.39 is 9.84 Å². The lowest BCUT2D eigenvalue weighted by Gasteiger charge is -2.34. The van der Waals surface area contributed by atoms with Gasteiger partial charge in [-0.15, -0.1) is 0 Å². The molecule has 1 aliphatic heterocycles. The Balaban J connectivity index is 2.00. The second-order valence-corrected chi connectivity index (χ2v) is 7.63. The predicted molar refractivity (Wildman–Crippen MR) is 83.0 cm³/mol. The minimum atomic E-state index is -3.04. The molecule has 0 aliphatic carbocycles. The van der Waals surface area contributed by atoms with Gasteiger partial charge >= 0.3 is 0 Å². The highest BCUT2D eigenvalue weighted by Gasteiger charge is 2.21. The molecule has 1 aromatic rings. The first-order chi connectivity index (χ1) is 9.89. The summed E-state index contributed by atoms with van der Waals surface area (Å²) in [5, 5.41) is 0. The highest BCUT2D eigenvalue weighted by atomic mass is 32.2. The number of rotatable bonds is 4. The van der Waals surface area contributed by atoms with Crippen LogP contribution in [0.15, 0.2) is 24.3 Å². The molecule has 21 heavy (non-hydrogen) atoms.